The Bertz CT molecular complexity index is 487. The molecule has 2 rings (SSSR count). The minimum atomic E-state index is -0.464. The number of benzene rings is 1. The molecule has 1 aliphatic heterocycles. The van der Waals surface area contributed by atoms with Crippen molar-refractivity contribution in [1.82, 2.24) is 10.2 Å². The number of nitrogens with zero attached hydrogens (tertiary/aromatic N) is 1. The van der Waals surface area contributed by atoms with Crippen LogP contribution in [0.3, 0.4) is 0 Å². The summed E-state index contributed by atoms with van der Waals surface area (Å²) in [5.41, 5.74) is 0. The molecular weight excluding hydrogens is 292 g/mol. The maximum atomic E-state index is 12.2. The van der Waals surface area contributed by atoms with Gasteiger partial charge in [0, 0.05) is 12.6 Å². The van der Waals surface area contributed by atoms with E-state index in [1.54, 1.807) is 13.2 Å². The van der Waals surface area contributed by atoms with Crippen molar-refractivity contribution in [3.05, 3.63) is 24.3 Å². The topological polar surface area (TPSA) is 50.8 Å². The number of ether oxygens (including phenoxy) is 2. The minimum absolute atomic E-state index is 0.0447. The molecule has 0 aromatic heterocycles. The lowest BCUT2D eigenvalue weighted by Crippen LogP contribution is -2.39. The highest BCUT2D eigenvalue weighted by Crippen LogP contribution is 2.20. The van der Waals surface area contributed by atoms with Crippen LogP contribution in [0, 0.1) is 0 Å². The number of methoxy groups -OCH3 is 1. The molecule has 0 radical (unpaired) electrons. The van der Waals surface area contributed by atoms with Gasteiger partial charge in [0.1, 0.15) is 11.5 Å². The molecule has 1 saturated heterocycles. The second kappa shape index (κ2) is 9.40. The maximum absolute atomic E-state index is 12.2. The summed E-state index contributed by atoms with van der Waals surface area (Å²) in [4.78, 5) is 14.7. The lowest BCUT2D eigenvalue weighted by atomic mass is 10.2. The van der Waals surface area contributed by atoms with Crippen molar-refractivity contribution in [3.63, 3.8) is 0 Å². The third kappa shape index (κ3) is 5.75. The van der Waals surface area contributed by atoms with Crippen molar-refractivity contribution in [2.75, 3.05) is 33.3 Å². The van der Waals surface area contributed by atoms with Crippen LogP contribution < -0.4 is 14.8 Å². The van der Waals surface area contributed by atoms with E-state index >= 15 is 0 Å². The minimum Gasteiger partial charge on any atom is -0.497 e. The molecule has 1 heterocycles. The summed E-state index contributed by atoms with van der Waals surface area (Å²) in [6, 6.07) is 7.34. The number of hydrogen-bond acceptors (Lipinski definition) is 4. The summed E-state index contributed by atoms with van der Waals surface area (Å²) in [7, 11) is 1.61. The molecule has 1 aromatic carbocycles. The molecule has 0 bridgehead atoms. The second-order valence-electron chi connectivity index (χ2n) is 5.89. The summed E-state index contributed by atoms with van der Waals surface area (Å²) in [5, 5.41) is 2.98. The molecule has 1 amide bonds. The van der Waals surface area contributed by atoms with Gasteiger partial charge in [-0.05, 0) is 57.5 Å². The predicted molar refractivity (Wildman–Crippen MR) is 91.0 cm³/mol. The number of rotatable bonds is 9. The average molecular weight is 320 g/mol. The summed E-state index contributed by atoms with van der Waals surface area (Å²) in [6.07, 6.45) is 3.77. The number of hydrogen-bond donors (Lipinski definition) is 1. The standard InChI is InChI=1S/C18H28N2O3/c1-3-17(23-16-9-6-8-15(14-16)22-2)18(21)19-10-7-13-20-11-4-5-12-20/h6,8-9,14,17H,3-5,7,10-13H2,1-2H3,(H,19,21)/t17-/m1/s1. The first-order chi connectivity index (χ1) is 11.2. The van der Waals surface area contributed by atoms with Crippen molar-refractivity contribution >= 4 is 5.91 Å². The maximum Gasteiger partial charge on any atom is 0.261 e. The van der Waals surface area contributed by atoms with Crippen molar-refractivity contribution in [1.29, 1.82) is 0 Å². The van der Waals surface area contributed by atoms with E-state index in [0.717, 1.165) is 18.7 Å². The summed E-state index contributed by atoms with van der Waals surface area (Å²) in [6.45, 7) is 6.12. The van der Waals surface area contributed by atoms with Crippen LogP contribution in [0.1, 0.15) is 32.6 Å². The number of carbonyl (C=O) groups excluding carboxylic acids is 1. The fourth-order valence-corrected chi connectivity index (χ4v) is 2.80. The van der Waals surface area contributed by atoms with Crippen molar-refractivity contribution in [3.8, 4) is 11.5 Å². The van der Waals surface area contributed by atoms with Gasteiger partial charge in [0.25, 0.3) is 5.91 Å². The zero-order chi connectivity index (χ0) is 16.5. The first-order valence-corrected chi connectivity index (χ1v) is 8.53. The van der Waals surface area contributed by atoms with E-state index in [9.17, 15) is 4.79 Å². The Morgan fingerprint density at radius 1 is 1.30 bits per heavy atom. The highest BCUT2D eigenvalue weighted by Gasteiger charge is 2.18. The van der Waals surface area contributed by atoms with E-state index in [4.69, 9.17) is 9.47 Å². The van der Waals surface area contributed by atoms with Gasteiger partial charge in [0.2, 0.25) is 0 Å². The fourth-order valence-electron chi connectivity index (χ4n) is 2.80. The summed E-state index contributed by atoms with van der Waals surface area (Å²) in [5.74, 6) is 1.34. The highest BCUT2D eigenvalue weighted by atomic mass is 16.5. The SMILES string of the molecule is CC[C@@H](Oc1cccc(OC)c1)C(=O)NCCCN1CCCC1. The van der Waals surface area contributed by atoms with Gasteiger partial charge in [-0.2, -0.15) is 0 Å². The molecule has 5 heteroatoms. The summed E-state index contributed by atoms with van der Waals surface area (Å²) < 4.78 is 11.0. The predicted octanol–water partition coefficient (Wildman–Crippen LogP) is 2.45. The first kappa shape index (κ1) is 17.6. The molecule has 1 aliphatic rings. The van der Waals surface area contributed by atoms with Gasteiger partial charge in [-0.1, -0.05) is 13.0 Å². The molecule has 23 heavy (non-hydrogen) atoms. The molecule has 0 aliphatic carbocycles. The smallest absolute Gasteiger partial charge is 0.261 e. The third-order valence-corrected chi connectivity index (χ3v) is 4.13. The number of amides is 1. The lowest BCUT2D eigenvalue weighted by Gasteiger charge is -2.18. The van der Waals surface area contributed by atoms with E-state index < -0.39 is 6.10 Å². The number of carbonyl (C=O) groups is 1. The molecule has 128 valence electrons. The molecule has 5 nitrogen and oxygen atoms in total. The van der Waals surface area contributed by atoms with E-state index in [2.05, 4.69) is 10.2 Å². The normalized spacial score (nSPS) is 16.1. The van der Waals surface area contributed by atoms with Crippen LogP contribution in [-0.4, -0.2) is 50.2 Å². The largest absolute Gasteiger partial charge is 0.497 e. The van der Waals surface area contributed by atoms with Crippen molar-refractivity contribution < 1.29 is 14.3 Å². The van der Waals surface area contributed by atoms with E-state index in [1.807, 2.05) is 25.1 Å². The van der Waals surface area contributed by atoms with Crippen LogP contribution in [-0.2, 0) is 4.79 Å². The van der Waals surface area contributed by atoms with E-state index in [0.29, 0.717) is 18.7 Å². The number of likely N-dealkylation sites (tertiary alicyclic amines) is 1. The van der Waals surface area contributed by atoms with Crippen molar-refractivity contribution in [2.45, 2.75) is 38.7 Å². The molecule has 1 N–H and O–H groups in total. The Hall–Kier alpha value is -1.75. The van der Waals surface area contributed by atoms with Crippen LogP contribution in [0.25, 0.3) is 0 Å². The molecule has 1 atom stereocenters. The molecule has 0 spiro atoms. The monoisotopic (exact) mass is 320 g/mol. The second-order valence-corrected chi connectivity index (χ2v) is 5.89. The molecule has 0 unspecified atom stereocenters. The Kier molecular flexibility index (Phi) is 7.20. The lowest BCUT2D eigenvalue weighted by molar-refractivity contribution is -0.128. The van der Waals surface area contributed by atoms with Crippen LogP contribution in [0.15, 0.2) is 24.3 Å². The average Bonchev–Trinajstić information content (AvgIpc) is 3.10. The molecule has 0 saturated carbocycles. The zero-order valence-corrected chi connectivity index (χ0v) is 14.2. The van der Waals surface area contributed by atoms with Crippen LogP contribution >= 0.6 is 0 Å². The van der Waals surface area contributed by atoms with Gasteiger partial charge < -0.3 is 19.7 Å². The van der Waals surface area contributed by atoms with Gasteiger partial charge >= 0.3 is 0 Å². The Morgan fingerprint density at radius 2 is 2.04 bits per heavy atom. The first-order valence-electron chi connectivity index (χ1n) is 8.53. The van der Waals surface area contributed by atoms with Gasteiger partial charge in [-0.25, -0.2) is 0 Å². The van der Waals surface area contributed by atoms with Crippen LogP contribution in [0.4, 0.5) is 0 Å². The van der Waals surface area contributed by atoms with Gasteiger partial charge in [-0.3, -0.25) is 4.79 Å². The van der Waals surface area contributed by atoms with Gasteiger partial charge in [-0.15, -0.1) is 0 Å². The quantitative estimate of drug-likeness (QED) is 0.710. The Labute approximate surface area is 139 Å². The zero-order valence-electron chi connectivity index (χ0n) is 14.2. The molecule has 1 aromatic rings. The number of nitrogens with one attached hydrogen (secondary N) is 1. The van der Waals surface area contributed by atoms with Crippen LogP contribution in [0.2, 0.25) is 0 Å². The highest BCUT2D eigenvalue weighted by molar-refractivity contribution is 5.81. The fraction of sp³-hybridized carbons (Fsp3) is 0.611. The van der Waals surface area contributed by atoms with Gasteiger partial charge in [0.15, 0.2) is 6.10 Å². The molecular formula is C18H28N2O3. The molecule has 1 fully saturated rings. The van der Waals surface area contributed by atoms with Crippen LogP contribution in [0.5, 0.6) is 11.5 Å². The summed E-state index contributed by atoms with van der Waals surface area (Å²) >= 11 is 0. The van der Waals surface area contributed by atoms with Crippen molar-refractivity contribution in [2.24, 2.45) is 0 Å². The van der Waals surface area contributed by atoms with E-state index in [-0.39, 0.29) is 5.91 Å². The third-order valence-electron chi connectivity index (χ3n) is 4.13. The Morgan fingerprint density at radius 3 is 2.74 bits per heavy atom. The van der Waals surface area contributed by atoms with E-state index in [1.165, 1.54) is 25.9 Å². The Balaban J connectivity index is 1.73. The van der Waals surface area contributed by atoms with Gasteiger partial charge in [0.05, 0.1) is 7.11 Å².